The van der Waals surface area contributed by atoms with Gasteiger partial charge in [-0.05, 0) is 18.2 Å². The van der Waals surface area contributed by atoms with Crippen molar-refractivity contribution in [3.05, 3.63) is 22.8 Å². The van der Waals surface area contributed by atoms with E-state index in [-0.39, 0.29) is 0 Å². The van der Waals surface area contributed by atoms with Crippen LogP contribution in [-0.4, -0.2) is 42.6 Å². The molecule has 4 nitrogen and oxygen atoms in total. The van der Waals surface area contributed by atoms with E-state index in [0.717, 1.165) is 44.1 Å². The van der Waals surface area contributed by atoms with E-state index >= 15 is 0 Å². The number of hydrogen-bond donors (Lipinski definition) is 1. The monoisotopic (exact) mass is 254 g/mol. The van der Waals surface area contributed by atoms with Crippen LogP contribution in [0.2, 0.25) is 5.02 Å². The van der Waals surface area contributed by atoms with Crippen molar-refractivity contribution >= 4 is 17.4 Å². The van der Waals surface area contributed by atoms with Gasteiger partial charge in [0.15, 0.2) is 0 Å². The van der Waals surface area contributed by atoms with Crippen molar-refractivity contribution < 1.29 is 0 Å². The molecule has 17 heavy (non-hydrogen) atoms. The molecule has 0 aliphatic carbocycles. The molecule has 0 bridgehead atoms. The van der Waals surface area contributed by atoms with Gasteiger partial charge in [-0.2, -0.15) is 0 Å². The lowest BCUT2D eigenvalue weighted by atomic mass is 10.2. The van der Waals surface area contributed by atoms with Crippen molar-refractivity contribution in [2.45, 2.75) is 13.5 Å². The molecule has 5 heteroatoms. The lowest BCUT2D eigenvalue weighted by Crippen LogP contribution is -2.46. The van der Waals surface area contributed by atoms with Gasteiger partial charge in [-0.15, -0.1) is 0 Å². The number of anilines is 1. The minimum atomic E-state index is 0.483. The smallest absolute Gasteiger partial charge is 0.147 e. The first-order chi connectivity index (χ1) is 8.24. The number of halogens is 1. The maximum absolute atomic E-state index is 6.24. The summed E-state index contributed by atoms with van der Waals surface area (Å²) in [6.07, 6.45) is 1.81. The van der Waals surface area contributed by atoms with Crippen LogP contribution in [0, 0.1) is 0 Å². The van der Waals surface area contributed by atoms with Crippen LogP contribution in [0.1, 0.15) is 12.5 Å². The summed E-state index contributed by atoms with van der Waals surface area (Å²) in [5.41, 5.74) is 6.54. The molecular weight excluding hydrogens is 236 g/mol. The van der Waals surface area contributed by atoms with Gasteiger partial charge in [0.25, 0.3) is 0 Å². The van der Waals surface area contributed by atoms with Crippen molar-refractivity contribution in [1.82, 2.24) is 9.88 Å². The molecule has 1 aliphatic rings. The summed E-state index contributed by atoms with van der Waals surface area (Å²) < 4.78 is 0. The van der Waals surface area contributed by atoms with Crippen LogP contribution >= 0.6 is 11.6 Å². The van der Waals surface area contributed by atoms with Gasteiger partial charge in [0, 0.05) is 38.9 Å². The van der Waals surface area contributed by atoms with Gasteiger partial charge < -0.3 is 15.5 Å². The molecule has 1 aliphatic heterocycles. The average Bonchev–Trinajstić information content (AvgIpc) is 2.39. The first-order valence-corrected chi connectivity index (χ1v) is 6.44. The summed E-state index contributed by atoms with van der Waals surface area (Å²) >= 11 is 6.24. The Morgan fingerprint density at radius 3 is 2.59 bits per heavy atom. The molecule has 2 N–H and O–H groups in total. The van der Waals surface area contributed by atoms with Gasteiger partial charge in [0.05, 0.1) is 5.02 Å². The zero-order chi connectivity index (χ0) is 12.3. The number of nitrogens with two attached hydrogens (primary N) is 1. The van der Waals surface area contributed by atoms with E-state index in [4.69, 9.17) is 17.3 Å². The zero-order valence-corrected chi connectivity index (χ0v) is 11.0. The quantitative estimate of drug-likeness (QED) is 0.884. The van der Waals surface area contributed by atoms with Crippen LogP contribution in [0.5, 0.6) is 0 Å². The Hall–Kier alpha value is -0.840. The number of piperazine rings is 1. The predicted octanol–water partition coefficient (Wildman–Crippen LogP) is 1.34. The topological polar surface area (TPSA) is 45.4 Å². The SMILES string of the molecule is CCN1CCN(c2ncc(CN)cc2Cl)CC1. The fraction of sp³-hybridized carbons (Fsp3) is 0.583. The maximum Gasteiger partial charge on any atom is 0.147 e. The zero-order valence-electron chi connectivity index (χ0n) is 10.2. The van der Waals surface area contributed by atoms with Crippen LogP contribution in [0.4, 0.5) is 5.82 Å². The molecule has 2 heterocycles. The van der Waals surface area contributed by atoms with Crippen molar-refractivity contribution in [3.63, 3.8) is 0 Å². The molecule has 0 amide bonds. The van der Waals surface area contributed by atoms with E-state index in [0.29, 0.717) is 11.6 Å². The third kappa shape index (κ3) is 2.89. The first-order valence-electron chi connectivity index (χ1n) is 6.06. The first kappa shape index (κ1) is 12.6. The van der Waals surface area contributed by atoms with E-state index in [1.54, 1.807) is 0 Å². The van der Waals surface area contributed by atoms with E-state index in [1.165, 1.54) is 0 Å². The van der Waals surface area contributed by atoms with Crippen LogP contribution in [-0.2, 0) is 6.54 Å². The van der Waals surface area contributed by atoms with Gasteiger partial charge in [0.2, 0.25) is 0 Å². The molecule has 1 fully saturated rings. The minimum Gasteiger partial charge on any atom is -0.353 e. The van der Waals surface area contributed by atoms with Crippen LogP contribution < -0.4 is 10.6 Å². The molecule has 1 aromatic heterocycles. The highest BCUT2D eigenvalue weighted by Gasteiger charge is 2.18. The second-order valence-corrected chi connectivity index (χ2v) is 4.68. The minimum absolute atomic E-state index is 0.483. The summed E-state index contributed by atoms with van der Waals surface area (Å²) in [4.78, 5) is 9.09. The molecule has 0 saturated carbocycles. The largest absolute Gasteiger partial charge is 0.353 e. The Balaban J connectivity index is 2.08. The van der Waals surface area contributed by atoms with Gasteiger partial charge in [0.1, 0.15) is 5.82 Å². The van der Waals surface area contributed by atoms with Crippen LogP contribution in [0.15, 0.2) is 12.3 Å². The third-order valence-electron chi connectivity index (χ3n) is 3.23. The van der Waals surface area contributed by atoms with Crippen LogP contribution in [0.25, 0.3) is 0 Å². The number of nitrogens with zero attached hydrogens (tertiary/aromatic N) is 3. The molecular formula is C12H19ClN4. The molecule has 94 valence electrons. The van der Waals surface area contributed by atoms with E-state index in [2.05, 4.69) is 21.7 Å². The molecule has 0 radical (unpaired) electrons. The fourth-order valence-electron chi connectivity index (χ4n) is 2.09. The predicted molar refractivity (Wildman–Crippen MR) is 71.5 cm³/mol. The average molecular weight is 255 g/mol. The molecule has 1 aromatic rings. The number of hydrogen-bond acceptors (Lipinski definition) is 4. The fourth-order valence-corrected chi connectivity index (χ4v) is 2.40. The number of pyridine rings is 1. The normalized spacial score (nSPS) is 17.5. The van der Waals surface area contributed by atoms with Gasteiger partial charge in [-0.25, -0.2) is 4.98 Å². The van der Waals surface area contributed by atoms with Gasteiger partial charge >= 0.3 is 0 Å². The highest BCUT2D eigenvalue weighted by atomic mass is 35.5. The number of rotatable bonds is 3. The number of likely N-dealkylation sites (N-methyl/N-ethyl adjacent to an activating group) is 1. The van der Waals surface area contributed by atoms with Crippen molar-refractivity contribution in [1.29, 1.82) is 0 Å². The molecule has 0 atom stereocenters. The molecule has 1 saturated heterocycles. The maximum atomic E-state index is 6.24. The standard InChI is InChI=1S/C12H19ClN4/c1-2-16-3-5-17(6-4-16)12-11(13)7-10(8-14)9-15-12/h7,9H,2-6,8,14H2,1H3. The Morgan fingerprint density at radius 1 is 1.35 bits per heavy atom. The second-order valence-electron chi connectivity index (χ2n) is 4.27. The molecule has 2 rings (SSSR count). The summed E-state index contributed by atoms with van der Waals surface area (Å²) in [5, 5.41) is 0.706. The van der Waals surface area contributed by atoms with Gasteiger partial charge in [-0.1, -0.05) is 18.5 Å². The molecule has 0 unspecified atom stereocenters. The van der Waals surface area contributed by atoms with Crippen LogP contribution in [0.3, 0.4) is 0 Å². The Morgan fingerprint density at radius 2 is 2.06 bits per heavy atom. The van der Waals surface area contributed by atoms with Crippen molar-refractivity contribution in [2.75, 3.05) is 37.6 Å². The summed E-state index contributed by atoms with van der Waals surface area (Å²) in [5.74, 6) is 0.889. The van der Waals surface area contributed by atoms with Crippen molar-refractivity contribution in [3.8, 4) is 0 Å². The summed E-state index contributed by atoms with van der Waals surface area (Å²) in [6.45, 7) is 7.92. The van der Waals surface area contributed by atoms with Crippen molar-refractivity contribution in [2.24, 2.45) is 5.73 Å². The Bertz CT molecular complexity index is 375. The highest BCUT2D eigenvalue weighted by Crippen LogP contribution is 2.24. The Kier molecular flexibility index (Phi) is 4.20. The number of aromatic nitrogens is 1. The summed E-state index contributed by atoms with van der Waals surface area (Å²) in [6, 6.07) is 1.91. The third-order valence-corrected chi connectivity index (χ3v) is 3.51. The lowest BCUT2D eigenvalue weighted by Gasteiger charge is -2.35. The van der Waals surface area contributed by atoms with Gasteiger partial charge in [-0.3, -0.25) is 0 Å². The Labute approximate surface area is 107 Å². The van der Waals surface area contributed by atoms with E-state index in [1.807, 2.05) is 12.3 Å². The van der Waals surface area contributed by atoms with E-state index < -0.39 is 0 Å². The molecule has 0 spiro atoms. The second kappa shape index (κ2) is 5.67. The highest BCUT2D eigenvalue weighted by molar-refractivity contribution is 6.33. The lowest BCUT2D eigenvalue weighted by molar-refractivity contribution is 0.270. The van der Waals surface area contributed by atoms with E-state index in [9.17, 15) is 0 Å². The summed E-state index contributed by atoms with van der Waals surface area (Å²) in [7, 11) is 0. The molecule has 0 aromatic carbocycles.